The number of aryl methyl sites for hydroxylation is 1. The summed E-state index contributed by atoms with van der Waals surface area (Å²) in [6.07, 6.45) is 0.442. The van der Waals surface area contributed by atoms with E-state index < -0.39 is 0 Å². The molecule has 1 amide bonds. The van der Waals surface area contributed by atoms with Gasteiger partial charge in [0.05, 0.1) is 0 Å². The van der Waals surface area contributed by atoms with Crippen LogP contribution in [0.3, 0.4) is 0 Å². The molecule has 0 saturated carbocycles. The molecule has 0 fully saturated rings. The fourth-order valence-corrected chi connectivity index (χ4v) is 2.80. The molecule has 1 heterocycles. The largest absolute Gasteiger partial charge is 0.436 e. The molecule has 134 valence electrons. The Morgan fingerprint density at radius 3 is 2.62 bits per heavy atom. The summed E-state index contributed by atoms with van der Waals surface area (Å²) in [5, 5.41) is 5.98. The fourth-order valence-electron chi connectivity index (χ4n) is 2.57. The zero-order chi connectivity index (χ0) is 18.7. The predicted octanol–water partition coefficient (Wildman–Crippen LogP) is 4.66. The van der Waals surface area contributed by atoms with Crippen molar-refractivity contribution in [1.82, 2.24) is 10.3 Å². The number of aromatic nitrogens is 1. The molecule has 5 nitrogen and oxygen atoms in total. The maximum atomic E-state index is 11.7. The van der Waals surface area contributed by atoms with Crippen molar-refractivity contribution in [2.24, 2.45) is 5.92 Å². The quantitative estimate of drug-likeness (QED) is 0.656. The van der Waals surface area contributed by atoms with Crippen LogP contribution in [-0.4, -0.2) is 16.0 Å². The van der Waals surface area contributed by atoms with Gasteiger partial charge in [0, 0.05) is 17.7 Å². The highest BCUT2D eigenvalue weighted by atomic mass is 32.1. The summed E-state index contributed by atoms with van der Waals surface area (Å²) in [7, 11) is 0. The van der Waals surface area contributed by atoms with Crippen LogP contribution in [0.4, 0.5) is 5.69 Å². The van der Waals surface area contributed by atoms with Gasteiger partial charge in [0.25, 0.3) is 0 Å². The Labute approximate surface area is 157 Å². The van der Waals surface area contributed by atoms with Crippen molar-refractivity contribution in [2.45, 2.75) is 27.2 Å². The average Bonchev–Trinajstić information content (AvgIpc) is 2.97. The van der Waals surface area contributed by atoms with E-state index >= 15 is 0 Å². The Kier molecular flexibility index (Phi) is 5.32. The number of thiocarbonyl (C=S) groups is 1. The van der Waals surface area contributed by atoms with E-state index in [2.05, 4.69) is 15.6 Å². The minimum atomic E-state index is -0.0871. The predicted molar refractivity (Wildman–Crippen MR) is 108 cm³/mol. The summed E-state index contributed by atoms with van der Waals surface area (Å²) < 4.78 is 5.81. The number of carbonyl (C=O) groups is 1. The van der Waals surface area contributed by atoms with Gasteiger partial charge < -0.3 is 15.1 Å². The highest BCUT2D eigenvalue weighted by Crippen LogP contribution is 2.25. The minimum absolute atomic E-state index is 0.0871. The van der Waals surface area contributed by atoms with Crippen molar-refractivity contribution in [3.8, 4) is 11.5 Å². The van der Waals surface area contributed by atoms with Crippen LogP contribution in [-0.2, 0) is 4.79 Å². The molecule has 0 bridgehead atoms. The van der Waals surface area contributed by atoms with Gasteiger partial charge in [-0.25, -0.2) is 4.98 Å². The van der Waals surface area contributed by atoms with Crippen molar-refractivity contribution in [2.75, 3.05) is 5.32 Å². The monoisotopic (exact) mass is 367 g/mol. The van der Waals surface area contributed by atoms with Crippen LogP contribution in [0.15, 0.2) is 46.9 Å². The molecular weight excluding hydrogens is 346 g/mol. The fraction of sp³-hybridized carbons (Fsp3) is 0.250. The molecule has 0 atom stereocenters. The summed E-state index contributed by atoms with van der Waals surface area (Å²) in [6.45, 7) is 6.00. The molecule has 0 aliphatic heterocycles. The van der Waals surface area contributed by atoms with Crippen LogP contribution in [0.2, 0.25) is 0 Å². The number of carbonyl (C=O) groups excluding carboxylic acids is 1. The summed E-state index contributed by atoms with van der Waals surface area (Å²) in [4.78, 5) is 16.3. The maximum absolute atomic E-state index is 11.7. The summed E-state index contributed by atoms with van der Waals surface area (Å²) >= 11 is 5.17. The van der Waals surface area contributed by atoms with Crippen molar-refractivity contribution in [3.05, 3.63) is 48.0 Å². The van der Waals surface area contributed by atoms with Crippen LogP contribution in [0, 0.1) is 12.8 Å². The number of fused-ring (bicyclic) bond motifs is 1. The molecule has 0 radical (unpaired) electrons. The molecule has 6 heteroatoms. The highest BCUT2D eigenvalue weighted by molar-refractivity contribution is 7.80. The van der Waals surface area contributed by atoms with Gasteiger partial charge in [-0.2, -0.15) is 0 Å². The SMILES string of the molecule is Cc1ccc2oc(-c3ccc(NC(=S)NC(=O)CC(C)C)cc3)nc2c1. The van der Waals surface area contributed by atoms with Crippen molar-refractivity contribution in [1.29, 1.82) is 0 Å². The topological polar surface area (TPSA) is 67.2 Å². The van der Waals surface area contributed by atoms with Crippen LogP contribution in [0.5, 0.6) is 0 Å². The number of hydrogen-bond donors (Lipinski definition) is 2. The van der Waals surface area contributed by atoms with Gasteiger partial charge in [-0.15, -0.1) is 0 Å². The normalized spacial score (nSPS) is 10.9. The Bertz CT molecular complexity index is 945. The van der Waals surface area contributed by atoms with Gasteiger partial charge in [0.15, 0.2) is 10.7 Å². The Morgan fingerprint density at radius 2 is 1.92 bits per heavy atom. The Morgan fingerprint density at radius 1 is 1.19 bits per heavy atom. The van der Waals surface area contributed by atoms with E-state index in [0.29, 0.717) is 17.4 Å². The van der Waals surface area contributed by atoms with Crippen molar-refractivity contribution < 1.29 is 9.21 Å². The summed E-state index contributed by atoms with van der Waals surface area (Å²) in [5.41, 5.74) is 4.41. The smallest absolute Gasteiger partial charge is 0.227 e. The lowest BCUT2D eigenvalue weighted by Crippen LogP contribution is -2.34. The lowest BCUT2D eigenvalue weighted by molar-refractivity contribution is -0.120. The van der Waals surface area contributed by atoms with Gasteiger partial charge in [-0.3, -0.25) is 4.79 Å². The van der Waals surface area contributed by atoms with Gasteiger partial charge in [0.1, 0.15) is 5.52 Å². The van der Waals surface area contributed by atoms with Crippen LogP contribution >= 0.6 is 12.2 Å². The highest BCUT2D eigenvalue weighted by Gasteiger charge is 2.10. The van der Waals surface area contributed by atoms with E-state index in [1.165, 1.54) is 0 Å². The third-order valence-electron chi connectivity index (χ3n) is 3.78. The van der Waals surface area contributed by atoms with Crippen LogP contribution in [0.1, 0.15) is 25.8 Å². The molecular formula is C20H21N3O2S. The second-order valence-corrected chi connectivity index (χ2v) is 7.08. The van der Waals surface area contributed by atoms with Crippen LogP contribution < -0.4 is 10.6 Å². The second kappa shape index (κ2) is 7.66. The third-order valence-corrected chi connectivity index (χ3v) is 3.98. The number of rotatable bonds is 4. The van der Waals surface area contributed by atoms with E-state index in [-0.39, 0.29) is 11.8 Å². The van der Waals surface area contributed by atoms with Gasteiger partial charge in [-0.1, -0.05) is 19.9 Å². The average molecular weight is 367 g/mol. The lowest BCUT2D eigenvalue weighted by atomic mass is 10.1. The molecule has 0 aliphatic carbocycles. The lowest BCUT2D eigenvalue weighted by Gasteiger charge is -2.10. The maximum Gasteiger partial charge on any atom is 0.227 e. The number of hydrogen-bond acceptors (Lipinski definition) is 4. The van der Waals surface area contributed by atoms with E-state index in [1.807, 2.05) is 63.2 Å². The molecule has 0 aliphatic rings. The molecule has 1 aromatic heterocycles. The van der Waals surface area contributed by atoms with Gasteiger partial charge >= 0.3 is 0 Å². The van der Waals surface area contributed by atoms with Gasteiger partial charge in [0.2, 0.25) is 11.8 Å². The first-order chi connectivity index (χ1) is 12.4. The number of anilines is 1. The Hall–Kier alpha value is -2.73. The molecule has 26 heavy (non-hydrogen) atoms. The zero-order valence-corrected chi connectivity index (χ0v) is 15.8. The number of nitrogens with one attached hydrogen (secondary N) is 2. The number of amides is 1. The molecule has 3 rings (SSSR count). The molecule has 2 N–H and O–H groups in total. The number of nitrogens with zero attached hydrogens (tertiary/aromatic N) is 1. The molecule has 0 spiro atoms. The first kappa shape index (κ1) is 18.1. The molecule has 3 aromatic rings. The van der Waals surface area contributed by atoms with Gasteiger partial charge in [-0.05, 0) is 67.0 Å². The van der Waals surface area contributed by atoms with Crippen molar-refractivity contribution in [3.63, 3.8) is 0 Å². The van der Waals surface area contributed by atoms with E-state index in [0.717, 1.165) is 27.9 Å². The zero-order valence-electron chi connectivity index (χ0n) is 15.0. The Balaban J connectivity index is 1.67. The summed E-state index contributed by atoms with van der Waals surface area (Å²) in [6, 6.07) is 13.5. The minimum Gasteiger partial charge on any atom is -0.436 e. The molecule has 0 saturated heterocycles. The summed E-state index contributed by atoms with van der Waals surface area (Å²) in [5.74, 6) is 0.776. The van der Waals surface area contributed by atoms with Crippen LogP contribution in [0.25, 0.3) is 22.6 Å². The molecule has 0 unspecified atom stereocenters. The van der Waals surface area contributed by atoms with E-state index in [9.17, 15) is 4.79 Å². The first-order valence-electron chi connectivity index (χ1n) is 8.49. The standard InChI is InChI=1S/C20H21N3O2S/c1-12(2)10-18(24)23-20(26)21-15-7-5-14(6-8-15)19-22-16-11-13(3)4-9-17(16)25-19/h4-9,11-12H,10H2,1-3H3,(H2,21,23,24,26). The van der Waals surface area contributed by atoms with E-state index in [1.54, 1.807) is 0 Å². The molecule has 2 aromatic carbocycles. The van der Waals surface area contributed by atoms with E-state index in [4.69, 9.17) is 16.6 Å². The number of benzene rings is 2. The van der Waals surface area contributed by atoms with Crippen molar-refractivity contribution >= 4 is 40.0 Å². The number of oxazole rings is 1. The second-order valence-electron chi connectivity index (χ2n) is 6.67. The third kappa shape index (κ3) is 4.46. The first-order valence-corrected chi connectivity index (χ1v) is 8.90.